The first-order valence-corrected chi connectivity index (χ1v) is 3.43. The molecule has 2 aromatic rings. The summed E-state index contributed by atoms with van der Waals surface area (Å²) in [6, 6.07) is 3.13. The van der Waals surface area contributed by atoms with Gasteiger partial charge in [0.2, 0.25) is 0 Å². The van der Waals surface area contributed by atoms with Crippen LogP contribution in [0.15, 0.2) is 29.3 Å². The molecule has 0 saturated carbocycles. The van der Waals surface area contributed by atoms with Crippen LogP contribution in [-0.4, -0.2) is 15.1 Å². The average molecular weight is 243 g/mol. The van der Waals surface area contributed by atoms with Gasteiger partial charge in [-0.3, -0.25) is 9.78 Å². The van der Waals surface area contributed by atoms with Gasteiger partial charge in [-0.1, -0.05) is 0 Å². The monoisotopic (exact) mass is 242 g/mol. The zero-order valence-electron chi connectivity index (χ0n) is 6.52. The van der Waals surface area contributed by atoms with Gasteiger partial charge in [0.1, 0.15) is 0 Å². The smallest absolute Gasteiger partial charge is 0.290 e. The highest BCUT2D eigenvalue weighted by molar-refractivity contribution is 8.93. The summed E-state index contributed by atoms with van der Waals surface area (Å²) in [5, 5.41) is 9.82. The van der Waals surface area contributed by atoms with Gasteiger partial charge in [0.15, 0.2) is 5.75 Å². The first-order chi connectivity index (χ1) is 5.77. The van der Waals surface area contributed by atoms with E-state index in [9.17, 15) is 4.79 Å². The molecule has 0 unspecified atom stereocenters. The largest absolute Gasteiger partial charge is 0.503 e. The third-order valence-corrected chi connectivity index (χ3v) is 1.63. The Morgan fingerprint density at radius 2 is 2.23 bits per heavy atom. The van der Waals surface area contributed by atoms with Crippen LogP contribution in [0.3, 0.4) is 0 Å². The van der Waals surface area contributed by atoms with Crippen LogP contribution in [0.5, 0.6) is 5.75 Å². The van der Waals surface area contributed by atoms with E-state index in [4.69, 9.17) is 5.11 Å². The molecule has 4 nitrogen and oxygen atoms in total. The van der Waals surface area contributed by atoms with Crippen LogP contribution >= 0.6 is 17.0 Å². The molecule has 2 rings (SSSR count). The molecule has 0 saturated heterocycles. The van der Waals surface area contributed by atoms with E-state index in [0.717, 1.165) is 5.39 Å². The van der Waals surface area contributed by atoms with E-state index in [2.05, 4.69) is 9.97 Å². The standard InChI is InChI=1S/C8H6N2O2.BrH/c11-7-3-5-1-2-9-4-6(5)10-8(7)12;/h1-4,11H,(H,10,12);1H. The Hall–Kier alpha value is -1.36. The Bertz CT molecular complexity index is 481. The van der Waals surface area contributed by atoms with Gasteiger partial charge in [0.25, 0.3) is 5.56 Å². The fourth-order valence-electron chi connectivity index (χ4n) is 1.03. The van der Waals surface area contributed by atoms with Gasteiger partial charge >= 0.3 is 0 Å². The van der Waals surface area contributed by atoms with E-state index < -0.39 is 5.56 Å². The van der Waals surface area contributed by atoms with Crippen molar-refractivity contribution in [2.75, 3.05) is 0 Å². The lowest BCUT2D eigenvalue weighted by Crippen LogP contribution is -2.04. The summed E-state index contributed by atoms with van der Waals surface area (Å²) in [4.78, 5) is 17.2. The van der Waals surface area contributed by atoms with E-state index in [1.54, 1.807) is 12.3 Å². The predicted molar refractivity (Wildman–Crippen MR) is 54.4 cm³/mol. The number of pyridine rings is 2. The number of aromatic hydroxyl groups is 1. The summed E-state index contributed by atoms with van der Waals surface area (Å²) in [5.41, 5.74) is 0.135. The fraction of sp³-hybridized carbons (Fsp3) is 0. The van der Waals surface area contributed by atoms with Crippen LogP contribution in [-0.2, 0) is 0 Å². The number of nitrogens with one attached hydrogen (secondary N) is 1. The second kappa shape index (κ2) is 3.57. The third-order valence-electron chi connectivity index (χ3n) is 1.63. The van der Waals surface area contributed by atoms with Crippen molar-refractivity contribution in [3.63, 3.8) is 0 Å². The molecule has 13 heavy (non-hydrogen) atoms. The van der Waals surface area contributed by atoms with Gasteiger partial charge in [-0.05, 0) is 12.1 Å². The van der Waals surface area contributed by atoms with Gasteiger partial charge in [-0.2, -0.15) is 0 Å². The highest BCUT2D eigenvalue weighted by atomic mass is 79.9. The maximum Gasteiger partial charge on any atom is 0.290 e. The molecule has 0 radical (unpaired) electrons. The maximum atomic E-state index is 10.9. The quantitative estimate of drug-likeness (QED) is 0.730. The van der Waals surface area contributed by atoms with Crippen molar-refractivity contribution in [3.05, 3.63) is 34.9 Å². The maximum absolute atomic E-state index is 10.9. The van der Waals surface area contributed by atoms with Crippen molar-refractivity contribution in [2.24, 2.45) is 0 Å². The highest BCUT2D eigenvalue weighted by Gasteiger charge is 1.98. The van der Waals surface area contributed by atoms with E-state index in [1.807, 2.05) is 0 Å². The number of aromatic amines is 1. The van der Waals surface area contributed by atoms with Gasteiger partial charge in [-0.15, -0.1) is 17.0 Å². The van der Waals surface area contributed by atoms with Gasteiger partial charge in [0.05, 0.1) is 11.7 Å². The number of H-pyrrole nitrogens is 1. The lowest BCUT2D eigenvalue weighted by Gasteiger charge is -1.95. The van der Waals surface area contributed by atoms with Crippen molar-refractivity contribution in [1.29, 1.82) is 0 Å². The number of aromatic nitrogens is 2. The van der Waals surface area contributed by atoms with Gasteiger partial charge < -0.3 is 10.1 Å². The molecule has 0 aliphatic carbocycles. The summed E-state index contributed by atoms with van der Waals surface area (Å²) < 4.78 is 0. The van der Waals surface area contributed by atoms with E-state index in [1.165, 1.54) is 12.3 Å². The second-order valence-electron chi connectivity index (χ2n) is 2.45. The molecule has 2 heterocycles. The first kappa shape index (κ1) is 9.73. The van der Waals surface area contributed by atoms with Crippen LogP contribution in [0.4, 0.5) is 0 Å². The first-order valence-electron chi connectivity index (χ1n) is 3.43. The Labute approximate surface area is 84.0 Å². The van der Waals surface area contributed by atoms with E-state index in [-0.39, 0.29) is 22.7 Å². The number of hydrogen-bond donors (Lipinski definition) is 2. The number of halogens is 1. The Morgan fingerprint density at radius 1 is 1.46 bits per heavy atom. The van der Waals surface area contributed by atoms with Crippen LogP contribution in [0.2, 0.25) is 0 Å². The molecule has 0 aromatic carbocycles. The number of hydrogen-bond acceptors (Lipinski definition) is 3. The summed E-state index contributed by atoms with van der Waals surface area (Å²) in [7, 11) is 0. The van der Waals surface area contributed by atoms with Crippen LogP contribution in [0.25, 0.3) is 10.9 Å². The van der Waals surface area contributed by atoms with Crippen molar-refractivity contribution < 1.29 is 5.11 Å². The molecule has 2 N–H and O–H groups in total. The Kier molecular flexibility index (Phi) is 2.67. The van der Waals surface area contributed by atoms with Gasteiger partial charge in [0, 0.05) is 11.6 Å². The molecule has 0 bridgehead atoms. The molecular weight excluding hydrogens is 236 g/mol. The number of nitrogens with zero attached hydrogens (tertiary/aromatic N) is 1. The second-order valence-corrected chi connectivity index (χ2v) is 2.45. The molecule has 5 heteroatoms. The van der Waals surface area contributed by atoms with Gasteiger partial charge in [-0.25, -0.2) is 0 Å². The molecule has 0 spiro atoms. The summed E-state index contributed by atoms with van der Waals surface area (Å²) in [6.07, 6.45) is 3.14. The minimum atomic E-state index is -0.490. The summed E-state index contributed by atoms with van der Waals surface area (Å²) in [6.45, 7) is 0. The topological polar surface area (TPSA) is 66.0 Å². The van der Waals surface area contributed by atoms with Crippen LogP contribution in [0, 0.1) is 0 Å². The minimum Gasteiger partial charge on any atom is -0.503 e. The molecule has 0 amide bonds. The third kappa shape index (κ3) is 1.70. The lowest BCUT2D eigenvalue weighted by molar-refractivity contribution is 0.468. The number of rotatable bonds is 0. The predicted octanol–water partition coefficient (Wildman–Crippen LogP) is 1.21. The van der Waals surface area contributed by atoms with Crippen molar-refractivity contribution in [3.8, 4) is 5.75 Å². The summed E-state index contributed by atoms with van der Waals surface area (Å²) in [5.74, 6) is -0.270. The van der Waals surface area contributed by atoms with Crippen LogP contribution in [0.1, 0.15) is 0 Å². The van der Waals surface area contributed by atoms with Crippen molar-refractivity contribution >= 4 is 27.9 Å². The normalized spacial score (nSPS) is 9.54. The van der Waals surface area contributed by atoms with Crippen molar-refractivity contribution in [1.82, 2.24) is 9.97 Å². The Morgan fingerprint density at radius 3 is 3.00 bits per heavy atom. The highest BCUT2D eigenvalue weighted by Crippen LogP contribution is 2.10. The minimum absolute atomic E-state index is 0. The fourth-order valence-corrected chi connectivity index (χ4v) is 1.03. The molecule has 0 aliphatic heterocycles. The van der Waals surface area contributed by atoms with Crippen LogP contribution < -0.4 is 5.56 Å². The zero-order chi connectivity index (χ0) is 8.55. The molecule has 0 aliphatic rings. The molecule has 0 atom stereocenters. The average Bonchev–Trinajstić information content (AvgIpc) is 2.07. The van der Waals surface area contributed by atoms with E-state index in [0.29, 0.717) is 5.52 Å². The molecule has 0 fully saturated rings. The lowest BCUT2D eigenvalue weighted by atomic mass is 10.2. The number of fused-ring (bicyclic) bond motifs is 1. The SMILES string of the molecule is Br.O=c1[nH]c2cnccc2cc1O. The Balaban J connectivity index is 0.000000845. The summed E-state index contributed by atoms with van der Waals surface area (Å²) >= 11 is 0. The molecular formula is C8H7BrN2O2. The van der Waals surface area contributed by atoms with E-state index >= 15 is 0 Å². The molecule has 2 aromatic heterocycles. The molecule has 68 valence electrons. The van der Waals surface area contributed by atoms with Crippen molar-refractivity contribution in [2.45, 2.75) is 0 Å². The zero-order valence-corrected chi connectivity index (χ0v) is 8.23.